The molecule has 0 amide bonds. The van der Waals surface area contributed by atoms with Crippen molar-refractivity contribution in [2.75, 3.05) is 0 Å². The smallest absolute Gasteiger partial charge is 0.196 e. The lowest BCUT2D eigenvalue weighted by molar-refractivity contribution is 0.0991. The van der Waals surface area contributed by atoms with Crippen LogP contribution in [0.25, 0.3) is 16.6 Å². The highest BCUT2D eigenvalue weighted by Gasteiger charge is 2.27. The van der Waals surface area contributed by atoms with E-state index in [0.717, 1.165) is 28.5 Å². The van der Waals surface area contributed by atoms with Gasteiger partial charge in [0.25, 0.3) is 0 Å². The van der Waals surface area contributed by atoms with Crippen molar-refractivity contribution in [1.29, 1.82) is 0 Å². The van der Waals surface area contributed by atoms with Gasteiger partial charge in [0.1, 0.15) is 5.25 Å². The summed E-state index contributed by atoms with van der Waals surface area (Å²) < 4.78 is 1.91. The molecule has 0 unspecified atom stereocenters. The average molecular weight is 413 g/mol. The fraction of sp³-hybridized carbons (Fsp3) is 0.125. The summed E-state index contributed by atoms with van der Waals surface area (Å²) in [6.45, 7) is 2.12. The van der Waals surface area contributed by atoms with Crippen molar-refractivity contribution in [3.63, 3.8) is 0 Å². The predicted octanol–water partition coefficient (Wildman–Crippen LogP) is 5.49. The maximum atomic E-state index is 13.8. The van der Waals surface area contributed by atoms with Gasteiger partial charge in [0.2, 0.25) is 0 Å². The molecule has 0 saturated heterocycles. The van der Waals surface area contributed by atoms with Gasteiger partial charge in [-0.3, -0.25) is 9.20 Å². The third-order valence-electron chi connectivity index (χ3n) is 5.29. The van der Waals surface area contributed by atoms with E-state index < -0.39 is 5.25 Å². The van der Waals surface area contributed by atoms with E-state index in [2.05, 4.69) is 28.2 Å². The van der Waals surface area contributed by atoms with Gasteiger partial charge in [-0.1, -0.05) is 73.3 Å². The Hall–Kier alpha value is -3.38. The van der Waals surface area contributed by atoms with Gasteiger partial charge in [0.05, 0.1) is 0 Å². The number of H-pyrrole nitrogens is 1. The Morgan fingerprint density at radius 2 is 1.87 bits per heavy atom. The number of Topliss-reactive ketones (excluding diaryl/α,β-unsaturated/α-hetero) is 1. The largest absolute Gasteiger partial charge is 0.360 e. The summed E-state index contributed by atoms with van der Waals surface area (Å²) in [7, 11) is 0. The van der Waals surface area contributed by atoms with E-state index in [-0.39, 0.29) is 5.78 Å². The van der Waals surface area contributed by atoms with Crippen molar-refractivity contribution < 1.29 is 4.79 Å². The molecule has 0 bridgehead atoms. The molecule has 148 valence electrons. The molecule has 0 saturated carbocycles. The Labute approximate surface area is 178 Å². The number of ketones is 1. The fourth-order valence-corrected chi connectivity index (χ4v) is 4.86. The number of nitrogens with zero attached hydrogens (tertiary/aromatic N) is 3. The van der Waals surface area contributed by atoms with Crippen LogP contribution in [-0.4, -0.2) is 25.4 Å². The minimum absolute atomic E-state index is 0.0541. The van der Waals surface area contributed by atoms with Gasteiger partial charge >= 0.3 is 0 Å². The summed E-state index contributed by atoms with van der Waals surface area (Å²) in [5, 5.41) is 9.80. The number of rotatable bonds is 6. The molecule has 5 rings (SSSR count). The maximum absolute atomic E-state index is 13.8. The number of aryl methyl sites for hydroxylation is 1. The Kier molecular flexibility index (Phi) is 4.85. The number of benzene rings is 2. The molecule has 0 aliphatic carbocycles. The monoisotopic (exact) mass is 412 g/mol. The Bertz CT molecular complexity index is 1340. The van der Waals surface area contributed by atoms with Crippen LogP contribution in [0.1, 0.15) is 33.7 Å². The lowest BCUT2D eigenvalue weighted by atomic mass is 10.0. The van der Waals surface area contributed by atoms with Gasteiger partial charge in [-0.05, 0) is 29.7 Å². The van der Waals surface area contributed by atoms with Crippen molar-refractivity contribution in [3.8, 4) is 0 Å². The van der Waals surface area contributed by atoms with E-state index in [1.54, 1.807) is 0 Å². The first kappa shape index (κ1) is 18.6. The molecule has 0 spiro atoms. The minimum atomic E-state index is -0.428. The van der Waals surface area contributed by atoms with Gasteiger partial charge in [0, 0.05) is 28.9 Å². The molecule has 0 aliphatic heterocycles. The molecule has 3 aromatic heterocycles. The summed E-state index contributed by atoms with van der Waals surface area (Å²) in [5.41, 5.74) is 4.66. The van der Waals surface area contributed by atoms with E-state index in [4.69, 9.17) is 0 Å². The quantitative estimate of drug-likeness (QED) is 0.296. The number of aromatic nitrogens is 4. The molecule has 5 nitrogen and oxygen atoms in total. The lowest BCUT2D eigenvalue weighted by Crippen LogP contribution is -2.10. The normalized spacial score (nSPS) is 12.4. The number of thioether (sulfide) groups is 1. The van der Waals surface area contributed by atoms with Crippen LogP contribution in [0.5, 0.6) is 0 Å². The van der Waals surface area contributed by atoms with Crippen molar-refractivity contribution in [2.24, 2.45) is 0 Å². The van der Waals surface area contributed by atoms with Crippen molar-refractivity contribution in [1.82, 2.24) is 19.6 Å². The van der Waals surface area contributed by atoms with Crippen LogP contribution >= 0.6 is 11.8 Å². The standard InChI is InChI=1S/C24H20N4OS/c1-2-16-11-8-12-18-19(15-25-21(16)18)22(29)23(17-9-4-3-5-10-17)30-24-27-26-20-13-6-7-14-28(20)24/h3-15,23,25H,2H2,1H3/t23-/m0/s1. The number of carbonyl (C=O) groups is 1. The molecule has 6 heteroatoms. The van der Waals surface area contributed by atoms with E-state index >= 15 is 0 Å². The molecule has 30 heavy (non-hydrogen) atoms. The van der Waals surface area contributed by atoms with Crippen LogP contribution in [0.2, 0.25) is 0 Å². The second kappa shape index (κ2) is 7.80. The molecule has 3 heterocycles. The number of carbonyl (C=O) groups excluding carboxylic acids is 1. The van der Waals surface area contributed by atoms with E-state index in [0.29, 0.717) is 10.7 Å². The first-order chi connectivity index (χ1) is 14.8. The fourth-order valence-electron chi connectivity index (χ4n) is 3.76. The Morgan fingerprint density at radius 3 is 2.70 bits per heavy atom. The van der Waals surface area contributed by atoms with E-state index in [1.807, 2.05) is 77.5 Å². The summed E-state index contributed by atoms with van der Waals surface area (Å²) in [5.74, 6) is 0.0541. The number of nitrogens with one attached hydrogen (secondary N) is 1. The minimum Gasteiger partial charge on any atom is -0.360 e. The predicted molar refractivity (Wildman–Crippen MR) is 120 cm³/mol. The summed E-state index contributed by atoms with van der Waals surface area (Å²) >= 11 is 1.43. The van der Waals surface area contributed by atoms with Gasteiger partial charge in [0.15, 0.2) is 16.6 Å². The molecule has 5 aromatic rings. The molecule has 0 radical (unpaired) electrons. The summed E-state index contributed by atoms with van der Waals surface area (Å²) in [4.78, 5) is 17.1. The number of hydrogen-bond donors (Lipinski definition) is 1. The Balaban J connectivity index is 1.60. The average Bonchev–Trinajstić information content (AvgIpc) is 3.42. The first-order valence-electron chi connectivity index (χ1n) is 9.91. The topological polar surface area (TPSA) is 63.1 Å². The van der Waals surface area contributed by atoms with Gasteiger partial charge in [-0.25, -0.2) is 0 Å². The first-order valence-corrected chi connectivity index (χ1v) is 10.8. The van der Waals surface area contributed by atoms with Crippen LogP contribution < -0.4 is 0 Å². The number of pyridine rings is 1. The zero-order chi connectivity index (χ0) is 20.5. The summed E-state index contributed by atoms with van der Waals surface area (Å²) in [6.07, 6.45) is 4.67. The van der Waals surface area contributed by atoms with Crippen molar-refractivity contribution in [2.45, 2.75) is 23.8 Å². The lowest BCUT2D eigenvalue weighted by Gasteiger charge is -2.15. The van der Waals surface area contributed by atoms with Crippen LogP contribution in [-0.2, 0) is 6.42 Å². The number of aromatic amines is 1. The zero-order valence-corrected chi connectivity index (χ0v) is 17.3. The zero-order valence-electron chi connectivity index (χ0n) is 16.4. The van der Waals surface area contributed by atoms with Crippen LogP contribution in [0, 0.1) is 0 Å². The van der Waals surface area contributed by atoms with Crippen molar-refractivity contribution >= 4 is 34.1 Å². The molecule has 0 aliphatic rings. The Morgan fingerprint density at radius 1 is 1.03 bits per heavy atom. The molecular weight excluding hydrogens is 392 g/mol. The van der Waals surface area contributed by atoms with Gasteiger partial charge < -0.3 is 4.98 Å². The van der Waals surface area contributed by atoms with Crippen molar-refractivity contribution in [3.05, 3.63) is 95.8 Å². The molecule has 1 atom stereocenters. The van der Waals surface area contributed by atoms with Crippen LogP contribution in [0.3, 0.4) is 0 Å². The third-order valence-corrected chi connectivity index (χ3v) is 6.51. The second-order valence-corrected chi connectivity index (χ2v) is 8.15. The highest BCUT2D eigenvalue weighted by molar-refractivity contribution is 8.00. The third kappa shape index (κ3) is 3.19. The highest BCUT2D eigenvalue weighted by atomic mass is 32.2. The SMILES string of the molecule is CCc1cccc2c(C(=O)[C@@H](Sc3nnc4ccccn34)c3ccccc3)c[nH]c12. The van der Waals surface area contributed by atoms with Crippen LogP contribution in [0.15, 0.2) is 84.3 Å². The molecule has 2 aromatic carbocycles. The molecule has 0 fully saturated rings. The van der Waals surface area contributed by atoms with Gasteiger partial charge in [-0.15, -0.1) is 10.2 Å². The number of hydrogen-bond acceptors (Lipinski definition) is 4. The van der Waals surface area contributed by atoms with E-state index in [1.165, 1.54) is 17.3 Å². The van der Waals surface area contributed by atoms with E-state index in [9.17, 15) is 4.79 Å². The summed E-state index contributed by atoms with van der Waals surface area (Å²) in [6, 6.07) is 21.8. The highest BCUT2D eigenvalue weighted by Crippen LogP contribution is 2.38. The maximum Gasteiger partial charge on any atom is 0.196 e. The van der Waals surface area contributed by atoms with Gasteiger partial charge in [-0.2, -0.15) is 0 Å². The number of fused-ring (bicyclic) bond motifs is 2. The molecule has 1 N–H and O–H groups in total. The van der Waals surface area contributed by atoms with Crippen LogP contribution in [0.4, 0.5) is 0 Å². The second-order valence-electron chi connectivity index (χ2n) is 7.08. The number of para-hydroxylation sites is 1. The molecular formula is C24H20N4OS.